The number of benzene rings is 3. The number of nitrogens with zero attached hydrogens (tertiary/aromatic N) is 1. The number of amides is 2. The molecule has 1 aliphatic carbocycles. The molecule has 0 fully saturated rings. The van der Waals surface area contributed by atoms with E-state index in [1.54, 1.807) is 39.0 Å². The molecule has 0 radical (unpaired) electrons. The third-order valence-electron chi connectivity index (χ3n) is 7.02. The minimum absolute atomic E-state index is 0.00117. The Kier molecular flexibility index (Phi) is 7.95. The lowest BCUT2D eigenvalue weighted by molar-refractivity contribution is -0.144. The van der Waals surface area contributed by atoms with Gasteiger partial charge in [-0.05, 0) is 60.7 Å². The van der Waals surface area contributed by atoms with Crippen molar-refractivity contribution in [1.29, 1.82) is 0 Å². The van der Waals surface area contributed by atoms with E-state index < -0.39 is 23.6 Å². The van der Waals surface area contributed by atoms with Crippen molar-refractivity contribution in [1.82, 2.24) is 10.2 Å². The van der Waals surface area contributed by atoms with Gasteiger partial charge in [0.1, 0.15) is 18.4 Å². The number of hydrogen-bond acceptors (Lipinski definition) is 5. The molecule has 0 heterocycles. The molecule has 1 atom stereocenters. The summed E-state index contributed by atoms with van der Waals surface area (Å²) in [6.45, 7) is 5.42. The fraction of sp³-hybridized carbons (Fsp3) is 0.323. The fourth-order valence-corrected chi connectivity index (χ4v) is 5.23. The number of aliphatic carboxylic acids is 1. The highest BCUT2D eigenvalue weighted by atomic mass is 16.6. The lowest BCUT2D eigenvalue weighted by Gasteiger charge is -2.39. The zero-order valence-corrected chi connectivity index (χ0v) is 22.9. The summed E-state index contributed by atoms with van der Waals surface area (Å²) in [5, 5.41) is 12.8. The Balaban J connectivity index is 1.59. The summed E-state index contributed by atoms with van der Waals surface area (Å²) in [6.07, 6.45) is -0.702. The summed E-state index contributed by atoms with van der Waals surface area (Å²) in [5.41, 5.74) is 4.46. The number of rotatable bonds is 8. The van der Waals surface area contributed by atoms with Crippen molar-refractivity contribution in [2.45, 2.75) is 44.7 Å². The minimum Gasteiger partial charge on any atom is -0.496 e. The SMILES string of the molecule is CNC(=O)c1ccc(CC(C(=O)O)N(C(=O)OCC2c3ccccc3-c3ccccc32)C(C)(C)C)cc1OC. The van der Waals surface area contributed by atoms with Crippen molar-refractivity contribution in [3.8, 4) is 16.9 Å². The maximum Gasteiger partial charge on any atom is 0.410 e. The Morgan fingerprint density at radius 3 is 2.08 bits per heavy atom. The van der Waals surface area contributed by atoms with E-state index in [9.17, 15) is 19.5 Å². The Morgan fingerprint density at radius 1 is 0.974 bits per heavy atom. The van der Waals surface area contributed by atoms with Crippen LogP contribution < -0.4 is 10.1 Å². The van der Waals surface area contributed by atoms with Gasteiger partial charge in [0.15, 0.2) is 0 Å². The molecule has 3 aromatic rings. The first kappa shape index (κ1) is 27.7. The van der Waals surface area contributed by atoms with Crippen LogP contribution >= 0.6 is 0 Å². The molecule has 39 heavy (non-hydrogen) atoms. The van der Waals surface area contributed by atoms with Crippen LogP contribution in [0.4, 0.5) is 4.79 Å². The number of carbonyl (C=O) groups excluding carboxylic acids is 2. The second-order valence-corrected chi connectivity index (χ2v) is 10.5. The molecule has 0 aliphatic heterocycles. The molecule has 8 heteroatoms. The van der Waals surface area contributed by atoms with Gasteiger partial charge in [-0.2, -0.15) is 0 Å². The highest BCUT2D eigenvalue weighted by molar-refractivity contribution is 5.96. The average Bonchev–Trinajstić information content (AvgIpc) is 3.23. The Morgan fingerprint density at radius 2 is 1.56 bits per heavy atom. The first-order chi connectivity index (χ1) is 18.6. The van der Waals surface area contributed by atoms with E-state index in [2.05, 4.69) is 17.4 Å². The van der Waals surface area contributed by atoms with Gasteiger partial charge in [-0.15, -0.1) is 0 Å². The standard InChI is InChI=1S/C31H34N2O6/c1-31(2,3)33(26(29(35)36)16-19-14-15-24(28(34)32-4)27(17-19)38-5)30(37)39-18-25-22-12-8-6-10-20(22)21-11-7-9-13-23(21)25/h6-15,17,25-26H,16,18H2,1-5H3,(H,32,34)(H,35,36). The number of ether oxygens (including phenoxy) is 2. The Bertz CT molecular complexity index is 1350. The van der Waals surface area contributed by atoms with E-state index >= 15 is 0 Å². The number of nitrogens with one attached hydrogen (secondary N) is 1. The highest BCUT2D eigenvalue weighted by Crippen LogP contribution is 2.44. The van der Waals surface area contributed by atoms with Crippen molar-refractivity contribution >= 4 is 18.0 Å². The van der Waals surface area contributed by atoms with Gasteiger partial charge >= 0.3 is 12.1 Å². The monoisotopic (exact) mass is 530 g/mol. The maximum absolute atomic E-state index is 13.6. The van der Waals surface area contributed by atoms with Crippen LogP contribution in [0, 0.1) is 0 Å². The van der Waals surface area contributed by atoms with Gasteiger partial charge in [-0.25, -0.2) is 9.59 Å². The molecule has 2 amide bonds. The van der Waals surface area contributed by atoms with Crippen molar-refractivity contribution in [3.63, 3.8) is 0 Å². The molecule has 1 unspecified atom stereocenters. The van der Waals surface area contributed by atoms with Gasteiger partial charge < -0.3 is 19.9 Å². The van der Waals surface area contributed by atoms with E-state index in [0.29, 0.717) is 16.9 Å². The van der Waals surface area contributed by atoms with Crippen LogP contribution in [0.5, 0.6) is 5.75 Å². The molecule has 4 rings (SSSR count). The first-order valence-corrected chi connectivity index (χ1v) is 12.8. The number of carboxylic acids is 1. The minimum atomic E-state index is -1.21. The van der Waals surface area contributed by atoms with Gasteiger partial charge in [-0.1, -0.05) is 54.6 Å². The van der Waals surface area contributed by atoms with Crippen LogP contribution in [0.2, 0.25) is 0 Å². The summed E-state index contributed by atoms with van der Waals surface area (Å²) < 4.78 is 11.2. The Labute approximate surface area is 228 Å². The van der Waals surface area contributed by atoms with E-state index in [0.717, 1.165) is 22.3 Å². The molecule has 0 saturated carbocycles. The van der Waals surface area contributed by atoms with E-state index in [-0.39, 0.29) is 24.9 Å². The number of fused-ring (bicyclic) bond motifs is 3. The third kappa shape index (κ3) is 5.60. The molecule has 204 valence electrons. The van der Waals surface area contributed by atoms with Crippen LogP contribution in [0.15, 0.2) is 66.7 Å². The molecule has 3 aromatic carbocycles. The third-order valence-corrected chi connectivity index (χ3v) is 7.02. The second kappa shape index (κ2) is 11.2. The maximum atomic E-state index is 13.6. The number of methoxy groups -OCH3 is 1. The predicted molar refractivity (Wildman–Crippen MR) is 148 cm³/mol. The van der Waals surface area contributed by atoms with E-state index in [4.69, 9.17) is 9.47 Å². The number of hydrogen-bond donors (Lipinski definition) is 2. The van der Waals surface area contributed by atoms with Crippen molar-refractivity contribution in [2.75, 3.05) is 20.8 Å². The smallest absolute Gasteiger partial charge is 0.410 e. The fourth-order valence-electron chi connectivity index (χ4n) is 5.23. The normalized spacial score (nSPS) is 13.2. The van der Waals surface area contributed by atoms with Gasteiger partial charge in [0, 0.05) is 24.9 Å². The number of carboxylic acid groups (broad SMARTS) is 1. The van der Waals surface area contributed by atoms with Crippen molar-refractivity contribution in [3.05, 3.63) is 89.0 Å². The van der Waals surface area contributed by atoms with Crippen LogP contribution in [0.1, 0.15) is 53.7 Å². The van der Waals surface area contributed by atoms with E-state index in [1.807, 2.05) is 36.4 Å². The molecule has 0 spiro atoms. The van der Waals surface area contributed by atoms with Gasteiger partial charge in [0.2, 0.25) is 0 Å². The van der Waals surface area contributed by atoms with Crippen LogP contribution in [-0.4, -0.2) is 60.3 Å². The van der Waals surface area contributed by atoms with Crippen LogP contribution in [0.25, 0.3) is 11.1 Å². The largest absolute Gasteiger partial charge is 0.496 e. The van der Waals surface area contributed by atoms with Crippen molar-refractivity contribution < 1.29 is 29.0 Å². The quantitative estimate of drug-likeness (QED) is 0.420. The lowest BCUT2D eigenvalue weighted by Crippen LogP contribution is -2.55. The van der Waals surface area contributed by atoms with Crippen LogP contribution in [-0.2, 0) is 16.0 Å². The number of carbonyl (C=O) groups is 3. The molecule has 0 aromatic heterocycles. The summed E-state index contributed by atoms with van der Waals surface area (Å²) in [6, 6.07) is 19.7. The summed E-state index contributed by atoms with van der Waals surface area (Å²) >= 11 is 0. The van der Waals surface area contributed by atoms with Crippen LogP contribution in [0.3, 0.4) is 0 Å². The predicted octanol–water partition coefficient (Wildman–Crippen LogP) is 5.10. The molecule has 1 aliphatic rings. The first-order valence-electron chi connectivity index (χ1n) is 12.8. The second-order valence-electron chi connectivity index (χ2n) is 10.5. The van der Waals surface area contributed by atoms with Crippen molar-refractivity contribution in [2.24, 2.45) is 0 Å². The molecule has 0 saturated heterocycles. The zero-order valence-electron chi connectivity index (χ0n) is 22.9. The summed E-state index contributed by atoms with van der Waals surface area (Å²) in [4.78, 5) is 39.5. The van der Waals surface area contributed by atoms with Gasteiger partial charge in [0.25, 0.3) is 5.91 Å². The van der Waals surface area contributed by atoms with E-state index in [1.165, 1.54) is 19.1 Å². The van der Waals surface area contributed by atoms with Gasteiger partial charge in [0.05, 0.1) is 12.7 Å². The molecular weight excluding hydrogens is 496 g/mol. The lowest BCUT2D eigenvalue weighted by atomic mass is 9.97. The molecule has 8 nitrogen and oxygen atoms in total. The molecule has 0 bridgehead atoms. The zero-order chi connectivity index (χ0) is 28.3. The topological polar surface area (TPSA) is 105 Å². The average molecular weight is 531 g/mol. The highest BCUT2D eigenvalue weighted by Gasteiger charge is 2.39. The molecule has 2 N–H and O–H groups in total. The summed E-state index contributed by atoms with van der Waals surface area (Å²) in [7, 11) is 2.96. The van der Waals surface area contributed by atoms with Gasteiger partial charge in [-0.3, -0.25) is 9.69 Å². The summed E-state index contributed by atoms with van der Waals surface area (Å²) in [5.74, 6) is -1.30. The molecular formula is C31H34N2O6. The Hall–Kier alpha value is -4.33.